The first kappa shape index (κ1) is 18.6. The number of sulfonamides is 1. The average molecular weight is 412 g/mol. The lowest BCUT2D eigenvalue weighted by Gasteiger charge is -2.05. The van der Waals surface area contributed by atoms with Gasteiger partial charge in [-0.3, -0.25) is 4.79 Å². The van der Waals surface area contributed by atoms with Crippen LogP contribution in [0.25, 0.3) is 17.0 Å². The molecule has 4 rings (SSSR count). The summed E-state index contributed by atoms with van der Waals surface area (Å²) in [5.41, 5.74) is 0.289. The van der Waals surface area contributed by atoms with Gasteiger partial charge in [-0.25, -0.2) is 27.2 Å². The van der Waals surface area contributed by atoms with E-state index >= 15 is 0 Å². The van der Waals surface area contributed by atoms with Gasteiger partial charge in [0.2, 0.25) is 0 Å². The first-order valence-corrected chi connectivity index (χ1v) is 9.79. The molecule has 2 heterocycles. The van der Waals surface area contributed by atoms with E-state index in [0.717, 1.165) is 12.6 Å². The third kappa shape index (κ3) is 3.65. The van der Waals surface area contributed by atoms with Crippen LogP contribution in [-0.2, 0) is 10.0 Å². The number of hydrogen-bond acceptors (Lipinski definition) is 6. The molecule has 0 atom stereocenters. The van der Waals surface area contributed by atoms with Gasteiger partial charge in [0, 0.05) is 0 Å². The van der Waals surface area contributed by atoms with Crippen LogP contribution in [-0.4, -0.2) is 29.1 Å². The minimum Gasteiger partial charge on any atom is -0.443 e. The molecule has 4 aromatic rings. The molecule has 1 amide bonds. The van der Waals surface area contributed by atoms with Gasteiger partial charge in [-0.15, -0.1) is 0 Å². The molecule has 29 heavy (non-hydrogen) atoms. The first-order valence-electron chi connectivity index (χ1n) is 8.31. The molecule has 2 aromatic carbocycles. The molecule has 0 aliphatic rings. The summed E-state index contributed by atoms with van der Waals surface area (Å²) in [5.74, 6) is -1.86. The van der Waals surface area contributed by atoms with Crippen molar-refractivity contribution in [2.75, 3.05) is 0 Å². The van der Waals surface area contributed by atoms with Crippen LogP contribution in [0.2, 0.25) is 0 Å². The predicted octanol–water partition coefficient (Wildman–Crippen LogP) is 2.79. The van der Waals surface area contributed by atoms with Crippen LogP contribution in [0.4, 0.5) is 4.39 Å². The number of rotatable bonds is 5. The van der Waals surface area contributed by atoms with Gasteiger partial charge >= 0.3 is 0 Å². The standard InChI is InChI=1S/C19H13FN4O4S/c20-16-9-5-4-8-15(16)18-17(21-12-28-18)19(25)23-29(26,27)14-10-22-24(11-14)13-6-2-1-3-7-13/h1-12H,(H,23,25). The second kappa shape index (κ2) is 7.32. The highest BCUT2D eigenvalue weighted by molar-refractivity contribution is 7.90. The van der Waals surface area contributed by atoms with Crippen molar-refractivity contribution in [3.8, 4) is 17.0 Å². The molecule has 8 nitrogen and oxygen atoms in total. The molecule has 0 bridgehead atoms. The number of nitrogens with one attached hydrogen (secondary N) is 1. The summed E-state index contributed by atoms with van der Waals surface area (Å²) in [6, 6.07) is 14.5. The van der Waals surface area contributed by atoms with Crippen LogP contribution in [0, 0.1) is 5.82 Å². The summed E-state index contributed by atoms with van der Waals surface area (Å²) < 4.78 is 47.6. The van der Waals surface area contributed by atoms with E-state index in [9.17, 15) is 17.6 Å². The Hall–Kier alpha value is -3.79. The van der Waals surface area contributed by atoms with Crippen LogP contribution < -0.4 is 4.72 Å². The zero-order valence-corrected chi connectivity index (χ0v) is 15.5. The van der Waals surface area contributed by atoms with Gasteiger partial charge in [0.25, 0.3) is 15.9 Å². The molecular weight excluding hydrogens is 399 g/mol. The Bertz CT molecular complexity index is 1280. The monoisotopic (exact) mass is 412 g/mol. The lowest BCUT2D eigenvalue weighted by atomic mass is 10.1. The molecule has 0 saturated carbocycles. The summed E-state index contributed by atoms with van der Waals surface area (Å²) >= 11 is 0. The summed E-state index contributed by atoms with van der Waals surface area (Å²) in [4.78, 5) is 16.0. The van der Waals surface area contributed by atoms with E-state index in [0.29, 0.717) is 5.69 Å². The fourth-order valence-corrected chi connectivity index (χ4v) is 3.52. The molecule has 1 N–H and O–H groups in total. The van der Waals surface area contributed by atoms with E-state index < -0.39 is 21.7 Å². The molecule has 10 heteroatoms. The Morgan fingerprint density at radius 3 is 2.55 bits per heavy atom. The fraction of sp³-hybridized carbons (Fsp3) is 0. The van der Waals surface area contributed by atoms with Gasteiger partial charge in [0.1, 0.15) is 10.7 Å². The summed E-state index contributed by atoms with van der Waals surface area (Å²) in [6.45, 7) is 0. The van der Waals surface area contributed by atoms with Crippen LogP contribution >= 0.6 is 0 Å². The van der Waals surface area contributed by atoms with Crippen molar-refractivity contribution in [1.29, 1.82) is 0 Å². The van der Waals surface area contributed by atoms with Crippen molar-refractivity contribution < 1.29 is 22.0 Å². The normalized spacial score (nSPS) is 11.3. The largest absolute Gasteiger partial charge is 0.443 e. The predicted molar refractivity (Wildman–Crippen MR) is 100 cm³/mol. The number of oxazole rings is 1. The number of halogens is 1. The maximum atomic E-state index is 14.0. The molecule has 0 aliphatic carbocycles. The number of carbonyl (C=O) groups is 1. The summed E-state index contributed by atoms with van der Waals surface area (Å²) in [6.07, 6.45) is 3.32. The van der Waals surface area contributed by atoms with Crippen molar-refractivity contribution in [2.45, 2.75) is 4.90 Å². The Balaban J connectivity index is 1.60. The van der Waals surface area contributed by atoms with Gasteiger partial charge in [-0.05, 0) is 24.3 Å². The Labute approximate surface area is 164 Å². The van der Waals surface area contributed by atoms with E-state index in [2.05, 4.69) is 10.1 Å². The lowest BCUT2D eigenvalue weighted by molar-refractivity contribution is 0.0977. The second-order valence-corrected chi connectivity index (χ2v) is 7.58. The maximum Gasteiger partial charge on any atom is 0.287 e. The van der Waals surface area contributed by atoms with Gasteiger partial charge in [0.15, 0.2) is 17.8 Å². The third-order valence-corrected chi connectivity index (χ3v) is 5.30. The van der Waals surface area contributed by atoms with Gasteiger partial charge in [0.05, 0.1) is 23.6 Å². The van der Waals surface area contributed by atoms with Crippen molar-refractivity contribution in [1.82, 2.24) is 19.5 Å². The molecule has 0 unspecified atom stereocenters. The Morgan fingerprint density at radius 2 is 1.79 bits per heavy atom. The van der Waals surface area contributed by atoms with Crippen LogP contribution in [0.5, 0.6) is 0 Å². The van der Waals surface area contributed by atoms with E-state index in [1.165, 1.54) is 29.1 Å². The summed E-state index contributed by atoms with van der Waals surface area (Å²) in [7, 11) is -4.24. The SMILES string of the molecule is O=C(NS(=O)(=O)c1cnn(-c2ccccc2)c1)c1ncoc1-c1ccccc1F. The zero-order chi connectivity index (χ0) is 20.4. The first-order chi connectivity index (χ1) is 14.0. The smallest absolute Gasteiger partial charge is 0.287 e. The van der Waals surface area contributed by atoms with E-state index in [4.69, 9.17) is 4.42 Å². The number of carbonyl (C=O) groups excluding carboxylic acids is 1. The van der Waals surface area contributed by atoms with E-state index in [-0.39, 0.29) is 21.9 Å². The van der Waals surface area contributed by atoms with Crippen LogP contribution in [0.3, 0.4) is 0 Å². The number of hydrogen-bond donors (Lipinski definition) is 1. The number of amides is 1. The lowest BCUT2D eigenvalue weighted by Crippen LogP contribution is -2.31. The fourth-order valence-electron chi connectivity index (χ4n) is 2.64. The maximum absolute atomic E-state index is 14.0. The number of aromatic nitrogens is 3. The quantitative estimate of drug-likeness (QED) is 0.540. The van der Waals surface area contributed by atoms with Crippen LogP contribution in [0.15, 0.2) is 82.7 Å². The molecule has 0 fully saturated rings. The van der Waals surface area contributed by atoms with Gasteiger partial charge in [-0.2, -0.15) is 5.10 Å². The average Bonchev–Trinajstić information content (AvgIpc) is 3.39. The molecule has 2 aromatic heterocycles. The van der Waals surface area contributed by atoms with Crippen molar-refractivity contribution >= 4 is 15.9 Å². The molecule has 0 saturated heterocycles. The highest BCUT2D eigenvalue weighted by atomic mass is 32.2. The highest BCUT2D eigenvalue weighted by Crippen LogP contribution is 2.26. The minimum absolute atomic E-state index is 0.00977. The zero-order valence-electron chi connectivity index (χ0n) is 14.7. The van der Waals surface area contributed by atoms with Gasteiger partial charge in [-0.1, -0.05) is 30.3 Å². The minimum atomic E-state index is -4.24. The number of benzene rings is 2. The molecule has 0 spiro atoms. The van der Waals surface area contributed by atoms with E-state index in [1.807, 2.05) is 10.8 Å². The topological polar surface area (TPSA) is 107 Å². The van der Waals surface area contributed by atoms with Crippen molar-refractivity contribution in [3.05, 3.63) is 84.9 Å². The van der Waals surface area contributed by atoms with Gasteiger partial charge < -0.3 is 4.42 Å². The second-order valence-electron chi connectivity index (χ2n) is 5.90. The Morgan fingerprint density at radius 1 is 1.07 bits per heavy atom. The Kier molecular flexibility index (Phi) is 4.69. The van der Waals surface area contributed by atoms with Crippen molar-refractivity contribution in [3.63, 3.8) is 0 Å². The third-order valence-electron chi connectivity index (χ3n) is 4.02. The van der Waals surface area contributed by atoms with Crippen LogP contribution in [0.1, 0.15) is 10.5 Å². The summed E-state index contributed by atoms with van der Waals surface area (Å²) in [5, 5.41) is 4.00. The van der Waals surface area contributed by atoms with E-state index in [1.54, 1.807) is 30.3 Å². The molecule has 0 radical (unpaired) electrons. The highest BCUT2D eigenvalue weighted by Gasteiger charge is 2.26. The van der Waals surface area contributed by atoms with Crippen molar-refractivity contribution in [2.24, 2.45) is 0 Å². The number of nitrogens with zero attached hydrogens (tertiary/aromatic N) is 3. The number of para-hydroxylation sites is 1. The molecule has 0 aliphatic heterocycles. The molecule has 146 valence electrons. The molecular formula is C19H13FN4O4S.